The molecule has 82 valence electrons. The smallest absolute Gasteiger partial charge is 0.125 e. The van der Waals surface area contributed by atoms with Crippen LogP contribution >= 0.6 is 0 Å². The number of rotatable bonds is 3. The molecule has 0 spiro atoms. The first-order valence-electron chi connectivity index (χ1n) is 5.45. The second-order valence-electron chi connectivity index (χ2n) is 4.49. The molecular formula is C10H21N3O. The van der Waals surface area contributed by atoms with E-state index in [0.717, 1.165) is 6.54 Å². The van der Waals surface area contributed by atoms with Gasteiger partial charge in [-0.2, -0.15) is 0 Å². The topological polar surface area (TPSA) is 19.0 Å². The Morgan fingerprint density at radius 1 is 1.21 bits per heavy atom. The number of fused-ring (bicyclic) bond motifs is 3. The molecule has 0 aromatic carbocycles. The molecule has 3 rings (SSSR count). The van der Waals surface area contributed by atoms with Gasteiger partial charge in [0.05, 0.1) is 0 Å². The summed E-state index contributed by atoms with van der Waals surface area (Å²) in [5.74, 6) is 0. The highest BCUT2D eigenvalue weighted by Gasteiger charge is 2.33. The zero-order valence-corrected chi connectivity index (χ0v) is 9.44. The third kappa shape index (κ3) is 2.08. The van der Waals surface area contributed by atoms with Crippen LogP contribution in [0.4, 0.5) is 0 Å². The lowest BCUT2D eigenvalue weighted by molar-refractivity contribution is -0.179. The molecule has 3 saturated heterocycles. The molecule has 2 unspecified atom stereocenters. The van der Waals surface area contributed by atoms with E-state index < -0.39 is 0 Å². The standard InChI is InChI=1S/C10H21N3O/c1-9(11(2)3)14-10-8-12-4-6-13(10)7-5-12/h9-10H,4-8H2,1-3H3. The lowest BCUT2D eigenvalue weighted by Gasteiger charge is -2.48. The largest absolute Gasteiger partial charge is 0.344 e. The van der Waals surface area contributed by atoms with Gasteiger partial charge in [-0.05, 0) is 21.0 Å². The van der Waals surface area contributed by atoms with E-state index in [1.165, 1.54) is 26.2 Å². The summed E-state index contributed by atoms with van der Waals surface area (Å²) in [5.41, 5.74) is 0. The van der Waals surface area contributed by atoms with Gasteiger partial charge in [-0.1, -0.05) is 0 Å². The van der Waals surface area contributed by atoms with E-state index in [2.05, 4.69) is 35.7 Å². The predicted octanol–water partition coefficient (Wildman–Crippen LogP) is -0.132. The number of hydrogen-bond acceptors (Lipinski definition) is 4. The van der Waals surface area contributed by atoms with Crippen LogP contribution in [0, 0.1) is 0 Å². The second kappa shape index (κ2) is 4.14. The van der Waals surface area contributed by atoms with Crippen LogP contribution in [0.2, 0.25) is 0 Å². The van der Waals surface area contributed by atoms with Crippen LogP contribution in [0.5, 0.6) is 0 Å². The third-order valence-corrected chi connectivity index (χ3v) is 3.31. The first kappa shape index (κ1) is 10.4. The number of hydrogen-bond donors (Lipinski definition) is 0. The van der Waals surface area contributed by atoms with Crippen molar-refractivity contribution in [1.29, 1.82) is 0 Å². The van der Waals surface area contributed by atoms with E-state index in [-0.39, 0.29) is 6.23 Å². The SMILES string of the molecule is CC(OC1CN2CCN1CC2)N(C)C. The minimum absolute atomic E-state index is 0.209. The van der Waals surface area contributed by atoms with Crippen LogP contribution in [-0.2, 0) is 4.74 Å². The third-order valence-electron chi connectivity index (χ3n) is 3.31. The molecule has 0 aromatic rings. The molecule has 2 bridgehead atoms. The fourth-order valence-electron chi connectivity index (χ4n) is 2.05. The van der Waals surface area contributed by atoms with Crippen LogP contribution in [0.1, 0.15) is 6.92 Å². The molecule has 3 heterocycles. The lowest BCUT2D eigenvalue weighted by atomic mass is 10.2. The van der Waals surface area contributed by atoms with Gasteiger partial charge in [-0.15, -0.1) is 0 Å². The number of nitrogens with zero attached hydrogens (tertiary/aromatic N) is 3. The van der Waals surface area contributed by atoms with Crippen LogP contribution in [-0.4, -0.2) is 74.0 Å². The van der Waals surface area contributed by atoms with Gasteiger partial charge in [0.1, 0.15) is 12.5 Å². The second-order valence-corrected chi connectivity index (χ2v) is 4.49. The number of piperazine rings is 3. The Bertz CT molecular complexity index is 190. The van der Waals surface area contributed by atoms with Gasteiger partial charge in [0, 0.05) is 32.7 Å². The van der Waals surface area contributed by atoms with Crippen molar-refractivity contribution in [2.75, 3.05) is 46.8 Å². The Morgan fingerprint density at radius 2 is 1.86 bits per heavy atom. The normalized spacial score (nSPS) is 39.0. The average Bonchev–Trinajstić information content (AvgIpc) is 2.19. The van der Waals surface area contributed by atoms with Crippen molar-refractivity contribution < 1.29 is 4.74 Å². The van der Waals surface area contributed by atoms with Crippen molar-refractivity contribution in [1.82, 2.24) is 14.7 Å². The predicted molar refractivity (Wildman–Crippen MR) is 56.0 cm³/mol. The summed E-state index contributed by atoms with van der Waals surface area (Å²) in [7, 11) is 4.11. The molecule has 4 heteroatoms. The molecule has 0 aliphatic carbocycles. The zero-order chi connectivity index (χ0) is 10.1. The molecule has 0 saturated carbocycles. The molecule has 4 nitrogen and oxygen atoms in total. The van der Waals surface area contributed by atoms with Crippen LogP contribution in [0.3, 0.4) is 0 Å². The summed E-state index contributed by atoms with van der Waals surface area (Å²) in [6.07, 6.45) is 0.524. The molecule has 3 fully saturated rings. The maximum Gasteiger partial charge on any atom is 0.125 e. The molecule has 0 radical (unpaired) electrons. The Morgan fingerprint density at radius 3 is 2.29 bits per heavy atom. The van der Waals surface area contributed by atoms with Gasteiger partial charge < -0.3 is 4.74 Å². The van der Waals surface area contributed by atoms with E-state index in [1.807, 2.05) is 0 Å². The Balaban J connectivity index is 1.86. The van der Waals surface area contributed by atoms with Crippen molar-refractivity contribution in [2.24, 2.45) is 0 Å². The molecule has 3 aliphatic rings. The van der Waals surface area contributed by atoms with Crippen molar-refractivity contribution in [3.63, 3.8) is 0 Å². The average molecular weight is 199 g/mol. The summed E-state index contributed by atoms with van der Waals surface area (Å²) in [4.78, 5) is 7.06. The van der Waals surface area contributed by atoms with Gasteiger partial charge >= 0.3 is 0 Å². The van der Waals surface area contributed by atoms with Gasteiger partial charge in [-0.3, -0.25) is 14.7 Å². The Hall–Kier alpha value is -0.160. The highest BCUT2D eigenvalue weighted by Crippen LogP contribution is 2.17. The Kier molecular flexibility index (Phi) is 3.07. The molecule has 3 aliphatic heterocycles. The molecule has 0 N–H and O–H groups in total. The Labute approximate surface area is 86.4 Å². The summed E-state index contributed by atoms with van der Waals surface area (Å²) in [6, 6.07) is 0. The lowest BCUT2D eigenvalue weighted by Crippen LogP contribution is -2.62. The fourth-order valence-corrected chi connectivity index (χ4v) is 2.05. The fraction of sp³-hybridized carbons (Fsp3) is 1.00. The van der Waals surface area contributed by atoms with Crippen molar-refractivity contribution in [3.8, 4) is 0 Å². The maximum absolute atomic E-state index is 6.00. The van der Waals surface area contributed by atoms with E-state index in [1.54, 1.807) is 0 Å². The first-order chi connectivity index (χ1) is 6.66. The van der Waals surface area contributed by atoms with Crippen LogP contribution < -0.4 is 0 Å². The zero-order valence-electron chi connectivity index (χ0n) is 9.44. The van der Waals surface area contributed by atoms with E-state index >= 15 is 0 Å². The molecule has 0 aromatic heterocycles. The maximum atomic E-state index is 6.00. The summed E-state index contributed by atoms with van der Waals surface area (Å²) < 4.78 is 6.00. The van der Waals surface area contributed by atoms with Crippen LogP contribution in [0.15, 0.2) is 0 Å². The van der Waals surface area contributed by atoms with E-state index in [9.17, 15) is 0 Å². The van der Waals surface area contributed by atoms with E-state index in [4.69, 9.17) is 4.74 Å². The molecule has 2 atom stereocenters. The van der Waals surface area contributed by atoms with Gasteiger partial charge in [0.15, 0.2) is 0 Å². The highest BCUT2D eigenvalue weighted by atomic mass is 16.5. The van der Waals surface area contributed by atoms with Crippen molar-refractivity contribution in [2.45, 2.75) is 19.4 Å². The van der Waals surface area contributed by atoms with Gasteiger partial charge in [0.25, 0.3) is 0 Å². The van der Waals surface area contributed by atoms with Gasteiger partial charge in [-0.25, -0.2) is 0 Å². The minimum atomic E-state index is 0.209. The summed E-state index contributed by atoms with van der Waals surface area (Å²) in [6.45, 7) is 7.97. The quantitative estimate of drug-likeness (QED) is 0.589. The minimum Gasteiger partial charge on any atom is -0.344 e. The van der Waals surface area contributed by atoms with E-state index in [0.29, 0.717) is 6.23 Å². The molecule has 14 heavy (non-hydrogen) atoms. The molecular weight excluding hydrogens is 178 g/mol. The first-order valence-corrected chi connectivity index (χ1v) is 5.45. The highest BCUT2D eigenvalue weighted by molar-refractivity contribution is 4.83. The molecule has 0 amide bonds. The summed E-state index contributed by atoms with van der Waals surface area (Å²) in [5, 5.41) is 0. The number of ether oxygens (including phenoxy) is 1. The summed E-state index contributed by atoms with van der Waals surface area (Å²) >= 11 is 0. The van der Waals surface area contributed by atoms with Crippen molar-refractivity contribution >= 4 is 0 Å². The van der Waals surface area contributed by atoms with Gasteiger partial charge in [0.2, 0.25) is 0 Å². The van der Waals surface area contributed by atoms with Crippen LogP contribution in [0.25, 0.3) is 0 Å². The monoisotopic (exact) mass is 199 g/mol. The van der Waals surface area contributed by atoms with Crippen molar-refractivity contribution in [3.05, 3.63) is 0 Å².